The summed E-state index contributed by atoms with van der Waals surface area (Å²) >= 11 is 6.46. The van der Waals surface area contributed by atoms with Crippen LogP contribution in [0.3, 0.4) is 0 Å². The molecule has 2 heterocycles. The molecule has 1 atom stereocenters. The van der Waals surface area contributed by atoms with E-state index in [1.165, 1.54) is 16.7 Å². The summed E-state index contributed by atoms with van der Waals surface area (Å²) in [5, 5.41) is 0. The van der Waals surface area contributed by atoms with E-state index in [9.17, 15) is 18.0 Å². The molecule has 0 bridgehead atoms. The number of rotatable bonds is 5. The minimum Gasteiger partial charge on any atom is -0.337 e. The Kier molecular flexibility index (Phi) is 6.02. The predicted molar refractivity (Wildman–Crippen MR) is 111 cm³/mol. The monoisotopic (exact) mass is 424 g/mol. The minimum atomic E-state index is -3.09. The third-order valence-electron chi connectivity index (χ3n) is 4.57. The SMILES string of the molecule is CCN(C(=O)CN1C(=O)/C(=C\c2ccccc2)SC1=S)[C@@H]1CCS(=O)(=O)C1. The van der Waals surface area contributed by atoms with Crippen molar-refractivity contribution < 1.29 is 18.0 Å². The fourth-order valence-electron chi connectivity index (χ4n) is 3.22. The van der Waals surface area contributed by atoms with Gasteiger partial charge in [0.05, 0.1) is 16.4 Å². The molecule has 27 heavy (non-hydrogen) atoms. The molecule has 2 amide bonds. The van der Waals surface area contributed by atoms with Gasteiger partial charge in [0.25, 0.3) is 5.91 Å². The summed E-state index contributed by atoms with van der Waals surface area (Å²) in [7, 11) is -3.09. The van der Waals surface area contributed by atoms with E-state index < -0.39 is 9.84 Å². The van der Waals surface area contributed by atoms with E-state index in [2.05, 4.69) is 0 Å². The van der Waals surface area contributed by atoms with Crippen molar-refractivity contribution in [2.45, 2.75) is 19.4 Å². The lowest BCUT2D eigenvalue weighted by Crippen LogP contribution is -2.47. The highest BCUT2D eigenvalue weighted by Crippen LogP contribution is 2.32. The molecule has 6 nitrogen and oxygen atoms in total. The van der Waals surface area contributed by atoms with Gasteiger partial charge in [-0.1, -0.05) is 54.3 Å². The average molecular weight is 425 g/mol. The van der Waals surface area contributed by atoms with Gasteiger partial charge in [-0.05, 0) is 25.0 Å². The van der Waals surface area contributed by atoms with Crippen LogP contribution >= 0.6 is 24.0 Å². The van der Waals surface area contributed by atoms with Crippen LogP contribution in [-0.2, 0) is 19.4 Å². The standard InChI is InChI=1S/C18H20N2O4S3/c1-2-19(14-8-9-27(23,24)12-14)16(21)11-20-17(22)15(26-18(20)25)10-13-6-4-3-5-7-13/h3-7,10,14H,2,8-9,11-12H2,1H3/b15-10+/t14-/m1/s1. The fourth-order valence-corrected chi connectivity index (χ4v) is 6.21. The highest BCUT2D eigenvalue weighted by Gasteiger charge is 2.38. The quantitative estimate of drug-likeness (QED) is 0.531. The average Bonchev–Trinajstić information content (AvgIpc) is 3.10. The summed E-state index contributed by atoms with van der Waals surface area (Å²) in [6.45, 7) is 2.04. The van der Waals surface area contributed by atoms with Gasteiger partial charge in [-0.15, -0.1) is 0 Å². The molecule has 3 rings (SSSR count). The number of thioether (sulfide) groups is 1. The summed E-state index contributed by atoms with van der Waals surface area (Å²) in [4.78, 5) is 28.7. The predicted octanol–water partition coefficient (Wildman–Crippen LogP) is 1.92. The lowest BCUT2D eigenvalue weighted by atomic mass is 10.2. The Labute approximate surface area is 168 Å². The zero-order valence-electron chi connectivity index (χ0n) is 14.8. The van der Waals surface area contributed by atoms with E-state index in [-0.39, 0.29) is 35.9 Å². The van der Waals surface area contributed by atoms with Crippen molar-refractivity contribution in [2.24, 2.45) is 0 Å². The van der Waals surface area contributed by atoms with Crippen LogP contribution in [0.2, 0.25) is 0 Å². The molecule has 144 valence electrons. The Morgan fingerprint density at radius 3 is 2.67 bits per heavy atom. The van der Waals surface area contributed by atoms with E-state index in [0.29, 0.717) is 22.2 Å². The molecule has 2 aliphatic heterocycles. The smallest absolute Gasteiger partial charge is 0.266 e. The summed E-state index contributed by atoms with van der Waals surface area (Å²) in [6.07, 6.45) is 2.19. The van der Waals surface area contributed by atoms with Gasteiger partial charge in [-0.2, -0.15) is 0 Å². The van der Waals surface area contributed by atoms with Crippen LogP contribution in [0.15, 0.2) is 35.2 Å². The van der Waals surface area contributed by atoms with Crippen LogP contribution in [0.25, 0.3) is 6.08 Å². The fraction of sp³-hybridized carbons (Fsp3) is 0.389. The summed E-state index contributed by atoms with van der Waals surface area (Å²) in [5.74, 6) is -0.490. The van der Waals surface area contributed by atoms with Crippen molar-refractivity contribution in [2.75, 3.05) is 24.6 Å². The molecule has 0 spiro atoms. The van der Waals surface area contributed by atoms with Crippen LogP contribution in [0.4, 0.5) is 0 Å². The third kappa shape index (κ3) is 4.59. The molecule has 2 fully saturated rings. The number of nitrogens with zero attached hydrogens (tertiary/aromatic N) is 2. The molecular weight excluding hydrogens is 404 g/mol. The van der Waals surface area contributed by atoms with Crippen LogP contribution < -0.4 is 0 Å². The second-order valence-corrected chi connectivity index (χ2v) is 10.3. The maximum Gasteiger partial charge on any atom is 0.266 e. The van der Waals surface area contributed by atoms with Crippen molar-refractivity contribution in [3.05, 3.63) is 40.8 Å². The van der Waals surface area contributed by atoms with Gasteiger partial charge in [0.1, 0.15) is 10.9 Å². The number of hydrogen-bond donors (Lipinski definition) is 0. The molecule has 0 aromatic heterocycles. The normalized spacial score (nSPS) is 23.2. The molecular formula is C18H20N2O4S3. The minimum absolute atomic E-state index is 0.0150. The summed E-state index contributed by atoms with van der Waals surface area (Å²) in [5.41, 5.74) is 0.885. The topological polar surface area (TPSA) is 74.8 Å². The molecule has 0 saturated carbocycles. The van der Waals surface area contributed by atoms with E-state index >= 15 is 0 Å². The van der Waals surface area contributed by atoms with E-state index in [4.69, 9.17) is 12.2 Å². The molecule has 1 aromatic carbocycles. The van der Waals surface area contributed by atoms with Gasteiger partial charge >= 0.3 is 0 Å². The molecule has 2 aliphatic rings. The van der Waals surface area contributed by atoms with Gasteiger partial charge in [-0.3, -0.25) is 14.5 Å². The summed E-state index contributed by atoms with van der Waals surface area (Å²) in [6, 6.07) is 9.10. The number of amides is 2. The van der Waals surface area contributed by atoms with Crippen LogP contribution in [0.1, 0.15) is 18.9 Å². The van der Waals surface area contributed by atoms with Crippen molar-refractivity contribution in [1.29, 1.82) is 0 Å². The maximum absolute atomic E-state index is 12.7. The first-order valence-corrected chi connectivity index (χ1v) is 11.7. The highest BCUT2D eigenvalue weighted by molar-refractivity contribution is 8.26. The number of sulfone groups is 1. The first-order chi connectivity index (χ1) is 12.8. The van der Waals surface area contributed by atoms with Crippen molar-refractivity contribution >= 4 is 56.0 Å². The van der Waals surface area contributed by atoms with Gasteiger partial charge in [0.15, 0.2) is 9.84 Å². The Morgan fingerprint density at radius 2 is 2.07 bits per heavy atom. The zero-order valence-corrected chi connectivity index (χ0v) is 17.3. The molecule has 2 saturated heterocycles. The number of likely N-dealkylation sites (N-methyl/N-ethyl adjacent to an activating group) is 1. The number of carbonyl (C=O) groups excluding carboxylic acids is 2. The van der Waals surface area contributed by atoms with Crippen LogP contribution in [-0.4, -0.2) is 65.0 Å². The Bertz CT molecular complexity index is 896. The number of benzene rings is 1. The van der Waals surface area contributed by atoms with E-state index in [0.717, 1.165) is 5.56 Å². The Morgan fingerprint density at radius 1 is 1.37 bits per heavy atom. The summed E-state index contributed by atoms with van der Waals surface area (Å²) < 4.78 is 23.8. The largest absolute Gasteiger partial charge is 0.337 e. The number of carbonyl (C=O) groups is 2. The molecule has 0 unspecified atom stereocenters. The van der Waals surface area contributed by atoms with E-state index in [1.54, 1.807) is 11.0 Å². The van der Waals surface area contributed by atoms with Gasteiger partial charge < -0.3 is 4.90 Å². The molecule has 1 aromatic rings. The second-order valence-electron chi connectivity index (χ2n) is 6.42. The van der Waals surface area contributed by atoms with Crippen LogP contribution in [0, 0.1) is 0 Å². The maximum atomic E-state index is 12.7. The van der Waals surface area contributed by atoms with Crippen molar-refractivity contribution in [3.63, 3.8) is 0 Å². The van der Waals surface area contributed by atoms with Crippen LogP contribution in [0.5, 0.6) is 0 Å². The Balaban J connectivity index is 1.71. The highest BCUT2D eigenvalue weighted by atomic mass is 32.2. The molecule has 9 heteroatoms. The zero-order chi connectivity index (χ0) is 19.6. The first-order valence-electron chi connectivity index (χ1n) is 8.61. The third-order valence-corrected chi connectivity index (χ3v) is 7.70. The van der Waals surface area contributed by atoms with E-state index in [1.807, 2.05) is 37.3 Å². The number of thiocarbonyl (C=S) groups is 1. The molecule has 0 N–H and O–H groups in total. The second kappa shape index (κ2) is 8.12. The lowest BCUT2D eigenvalue weighted by Gasteiger charge is -2.28. The lowest BCUT2D eigenvalue weighted by molar-refractivity contribution is -0.136. The van der Waals surface area contributed by atoms with Gasteiger partial charge in [-0.25, -0.2) is 8.42 Å². The first kappa shape index (κ1) is 20.0. The number of hydrogen-bond acceptors (Lipinski definition) is 6. The molecule has 0 radical (unpaired) electrons. The van der Waals surface area contributed by atoms with Gasteiger partial charge in [0.2, 0.25) is 5.91 Å². The molecule has 0 aliphatic carbocycles. The van der Waals surface area contributed by atoms with Gasteiger partial charge in [0, 0.05) is 12.6 Å². The Hall–Kier alpha value is -1.71. The van der Waals surface area contributed by atoms with Crippen molar-refractivity contribution in [3.8, 4) is 0 Å². The van der Waals surface area contributed by atoms with Crippen molar-refractivity contribution in [1.82, 2.24) is 9.80 Å².